The molecule has 3 aliphatic rings. The van der Waals surface area contributed by atoms with E-state index >= 15 is 0 Å². The Hall–Kier alpha value is -4.33. The van der Waals surface area contributed by atoms with Crippen LogP contribution in [-0.4, -0.2) is 39.4 Å². The van der Waals surface area contributed by atoms with Crippen LogP contribution in [0.5, 0.6) is 0 Å². The van der Waals surface area contributed by atoms with Crippen molar-refractivity contribution < 1.29 is 18.3 Å². The fourth-order valence-electron chi connectivity index (χ4n) is 5.69. The molecule has 0 spiro atoms. The minimum absolute atomic E-state index is 0. The second-order valence-corrected chi connectivity index (χ2v) is 16.2. The summed E-state index contributed by atoms with van der Waals surface area (Å²) in [7, 11) is -3.36. The first-order valence-corrected chi connectivity index (χ1v) is 23.4. The highest BCUT2D eigenvalue weighted by atomic mass is 32.2. The number of nitrogens with one attached hydrogen (secondary N) is 1. The number of hydrogen-bond acceptors (Lipinski definition) is 4. The van der Waals surface area contributed by atoms with Crippen LogP contribution < -0.4 is 4.72 Å². The summed E-state index contributed by atoms with van der Waals surface area (Å²) in [6.07, 6.45) is 45.5. The molecule has 1 saturated heterocycles. The molecular weight excluding hydrogens is 783 g/mol. The average molecular weight is 872 g/mol. The highest BCUT2D eigenvalue weighted by molar-refractivity contribution is 7.89. The van der Waals surface area contributed by atoms with Gasteiger partial charge in [0.15, 0.2) is 0 Å². The molecule has 348 valence electrons. The predicted molar refractivity (Wildman–Crippen MR) is 279 cm³/mol. The van der Waals surface area contributed by atoms with Gasteiger partial charge in [0.05, 0.1) is 11.0 Å². The molecule has 0 radical (unpaired) electrons. The van der Waals surface area contributed by atoms with E-state index < -0.39 is 16.1 Å². The maximum atomic E-state index is 11.5. The minimum Gasteiger partial charge on any atom is -0.385 e. The fourth-order valence-corrected chi connectivity index (χ4v) is 6.69. The first-order chi connectivity index (χ1) is 29.4. The molecule has 5 nitrogen and oxygen atoms in total. The van der Waals surface area contributed by atoms with Gasteiger partial charge in [-0.3, -0.25) is 0 Å². The number of benzene rings is 1. The van der Waals surface area contributed by atoms with Gasteiger partial charge in [0, 0.05) is 19.8 Å². The Morgan fingerprint density at radius 3 is 1.63 bits per heavy atom. The third kappa shape index (κ3) is 39.8. The number of unbranched alkanes of at least 4 members (excludes halogenated alkanes) is 2. The second kappa shape index (κ2) is 47.7. The van der Waals surface area contributed by atoms with Crippen LogP contribution in [0.3, 0.4) is 0 Å². The summed E-state index contributed by atoms with van der Waals surface area (Å²) in [5.41, 5.74) is 1.03. The highest BCUT2D eigenvalue weighted by Gasteiger charge is 2.25. The number of aliphatic hydroxyl groups is 1. The van der Waals surface area contributed by atoms with Crippen LogP contribution in [0, 0.1) is 30.6 Å². The van der Waals surface area contributed by atoms with Crippen molar-refractivity contribution in [2.75, 3.05) is 19.8 Å². The molecule has 1 aliphatic heterocycles. The smallest absolute Gasteiger partial charge is 0.240 e. The number of rotatable bonds is 21. The van der Waals surface area contributed by atoms with Crippen molar-refractivity contribution in [1.29, 1.82) is 0 Å². The number of ether oxygens (including phenoxy) is 1. The molecule has 2 fully saturated rings. The van der Waals surface area contributed by atoms with Gasteiger partial charge in [-0.05, 0) is 126 Å². The number of allylic oxidation sites excluding steroid dienone is 12. The molecule has 1 aromatic rings. The van der Waals surface area contributed by atoms with Gasteiger partial charge in [0.1, 0.15) is 0 Å². The third-order valence-electron chi connectivity index (χ3n) is 9.54. The van der Waals surface area contributed by atoms with Gasteiger partial charge in [-0.2, -0.15) is 0 Å². The summed E-state index contributed by atoms with van der Waals surface area (Å²) in [6, 6.07) is 6.70. The maximum Gasteiger partial charge on any atom is 0.240 e. The van der Waals surface area contributed by atoms with Crippen LogP contribution in [0.15, 0.2) is 193 Å². The largest absolute Gasteiger partial charge is 0.385 e. The lowest BCUT2D eigenvalue weighted by Gasteiger charge is -2.18. The van der Waals surface area contributed by atoms with E-state index in [1.165, 1.54) is 69.6 Å². The van der Waals surface area contributed by atoms with E-state index in [0.717, 1.165) is 69.1 Å². The normalized spacial score (nSPS) is 15.2. The molecule has 2 aliphatic carbocycles. The summed E-state index contributed by atoms with van der Waals surface area (Å²) >= 11 is 0. The van der Waals surface area contributed by atoms with Gasteiger partial charge in [-0.15, -0.1) is 65.8 Å². The number of hydrogen-bond donors (Lipinski definition) is 2. The highest BCUT2D eigenvalue weighted by Crippen LogP contribution is 2.38. The molecule has 2 unspecified atom stereocenters. The van der Waals surface area contributed by atoms with Gasteiger partial charge in [-0.1, -0.05) is 129 Å². The van der Waals surface area contributed by atoms with Crippen molar-refractivity contribution in [3.8, 4) is 0 Å². The monoisotopic (exact) mass is 872 g/mol. The Bertz CT molecular complexity index is 1440. The van der Waals surface area contributed by atoms with Crippen molar-refractivity contribution in [3.05, 3.63) is 193 Å². The van der Waals surface area contributed by atoms with Crippen molar-refractivity contribution in [2.45, 2.75) is 115 Å². The van der Waals surface area contributed by atoms with E-state index in [2.05, 4.69) is 95.3 Å². The SMILES string of the molecule is C.C1=CC2CCCC2CC1.C1CCOC1.C=C/C=C/CCCC=C.C=CC(O)C=C.C=CCCC(C=C)C=C.C=CCCC(C=C)C=C.C=CCNS(=O)(=O)c1ccc(C)cc1. The molecule has 1 saturated carbocycles. The second-order valence-electron chi connectivity index (χ2n) is 14.5. The Balaban J connectivity index is -0.000000322. The van der Waals surface area contributed by atoms with Gasteiger partial charge < -0.3 is 9.84 Å². The Labute approximate surface area is 383 Å². The van der Waals surface area contributed by atoms with Gasteiger partial charge in [-0.25, -0.2) is 13.1 Å². The summed E-state index contributed by atoms with van der Waals surface area (Å²) < 4.78 is 30.4. The van der Waals surface area contributed by atoms with E-state index in [9.17, 15) is 8.42 Å². The molecule has 4 rings (SSSR count). The third-order valence-corrected chi connectivity index (χ3v) is 11.0. The lowest BCUT2D eigenvalue weighted by Crippen LogP contribution is -2.23. The number of aryl methyl sites for hydroxylation is 1. The van der Waals surface area contributed by atoms with Crippen LogP contribution in [-0.2, 0) is 14.8 Å². The van der Waals surface area contributed by atoms with Crippen molar-refractivity contribution >= 4 is 10.0 Å². The van der Waals surface area contributed by atoms with Crippen LogP contribution in [0.4, 0.5) is 0 Å². The predicted octanol–water partition coefficient (Wildman–Crippen LogP) is 15.3. The van der Waals surface area contributed by atoms with Crippen LogP contribution in [0.25, 0.3) is 0 Å². The van der Waals surface area contributed by atoms with E-state index in [-0.39, 0.29) is 18.9 Å². The molecule has 1 aromatic carbocycles. The zero-order valence-corrected chi connectivity index (χ0v) is 39.1. The molecule has 0 bridgehead atoms. The van der Waals surface area contributed by atoms with E-state index in [1.807, 2.05) is 55.5 Å². The zero-order chi connectivity index (χ0) is 46.4. The van der Waals surface area contributed by atoms with Crippen LogP contribution >= 0.6 is 0 Å². The zero-order valence-electron chi connectivity index (χ0n) is 38.2. The lowest BCUT2D eigenvalue weighted by atomic mass is 9.87. The molecule has 0 aromatic heterocycles. The van der Waals surface area contributed by atoms with Gasteiger partial charge >= 0.3 is 0 Å². The minimum atomic E-state index is -3.36. The maximum absolute atomic E-state index is 11.5. The summed E-state index contributed by atoms with van der Waals surface area (Å²) in [5.74, 6) is 2.99. The number of fused-ring (bicyclic) bond motifs is 1. The molecule has 2 N–H and O–H groups in total. The summed E-state index contributed by atoms with van der Waals surface area (Å²) in [6.45, 7) is 43.4. The Kier molecular flexibility index (Phi) is 49.5. The van der Waals surface area contributed by atoms with E-state index in [1.54, 1.807) is 30.3 Å². The topological polar surface area (TPSA) is 75.6 Å². The fraction of sp³-hybridized carbons (Fsp3) is 0.429. The Morgan fingerprint density at radius 1 is 0.710 bits per heavy atom. The van der Waals surface area contributed by atoms with Crippen molar-refractivity contribution in [2.24, 2.45) is 23.7 Å². The Morgan fingerprint density at radius 2 is 1.24 bits per heavy atom. The average Bonchev–Trinajstić information content (AvgIpc) is 4.04. The van der Waals surface area contributed by atoms with E-state index in [0.29, 0.717) is 11.8 Å². The summed E-state index contributed by atoms with van der Waals surface area (Å²) in [5, 5.41) is 8.43. The molecule has 0 amide bonds. The first kappa shape index (κ1) is 64.3. The van der Waals surface area contributed by atoms with Crippen LogP contribution in [0.1, 0.15) is 103 Å². The molecule has 62 heavy (non-hydrogen) atoms. The number of sulfonamides is 1. The number of aliphatic hydroxyl groups excluding tert-OH is 1. The standard InChI is InChI=1S/C10H13NO2S.4C9H14.C5H8O.C4H8O.CH4/c1-3-8-11-14(12,13)10-6-4-9(2)5-7-10;1-2-5-9-7-3-6-8(9)4-1;2*1-4-7-8-9(5-2)6-3;1-3-5-7-9-8-6-4-2;1-3-5(6)4-2;1-2-4-5-3-1;/h3-7,11H,1,8H2,2H3;1,4,8-9H,2-3,5-7H2;2*4-6,9H,1-3,7-8H2;3-5,7H,1-2,6,8-9H2;3-6H,1-2H2;1-4H2;1H4/b;;;;7-5+;;;. The lowest BCUT2D eigenvalue weighted by molar-refractivity contribution is 0.198. The van der Waals surface area contributed by atoms with Crippen LogP contribution in [0.2, 0.25) is 0 Å². The first-order valence-electron chi connectivity index (χ1n) is 21.9. The molecule has 2 atom stereocenters. The van der Waals surface area contributed by atoms with Crippen molar-refractivity contribution in [3.63, 3.8) is 0 Å². The molecular formula is C56H89NO4S. The van der Waals surface area contributed by atoms with Crippen molar-refractivity contribution in [1.82, 2.24) is 4.72 Å². The van der Waals surface area contributed by atoms with E-state index in [4.69, 9.17) is 9.84 Å². The van der Waals surface area contributed by atoms with Gasteiger partial charge in [0.25, 0.3) is 0 Å². The quantitative estimate of drug-likeness (QED) is 0.0733. The molecule has 1 heterocycles. The molecule has 6 heteroatoms. The summed E-state index contributed by atoms with van der Waals surface area (Å²) in [4.78, 5) is 0.282. The van der Waals surface area contributed by atoms with Gasteiger partial charge in [0.2, 0.25) is 10.0 Å².